The number of carbonyl (C=O) groups is 1. The molecule has 0 saturated carbocycles. The first-order chi connectivity index (χ1) is 12.0. The molecule has 0 aliphatic carbocycles. The summed E-state index contributed by atoms with van der Waals surface area (Å²) in [5.74, 6) is -0.419. The third-order valence-electron chi connectivity index (χ3n) is 4.09. The summed E-state index contributed by atoms with van der Waals surface area (Å²) in [5.41, 5.74) is 2.75. The van der Waals surface area contributed by atoms with Gasteiger partial charge in [-0.2, -0.15) is 0 Å². The number of fused-ring (bicyclic) bond motifs is 1. The number of nitrogens with zero attached hydrogens (tertiary/aromatic N) is 2. The van der Waals surface area contributed by atoms with Gasteiger partial charge in [0.05, 0.1) is 18.3 Å². The molecule has 1 atom stereocenters. The van der Waals surface area contributed by atoms with Gasteiger partial charge in [-0.05, 0) is 25.8 Å². The molecule has 0 radical (unpaired) electrons. The minimum absolute atomic E-state index is 0.220. The molecule has 0 unspecified atom stereocenters. The highest BCUT2D eigenvalue weighted by molar-refractivity contribution is 7.17. The fraction of sp³-hybridized carbons (Fsp3) is 0.316. The molecule has 0 N–H and O–H groups in total. The second kappa shape index (κ2) is 7.19. The highest BCUT2D eigenvalue weighted by Gasteiger charge is 2.21. The maximum absolute atomic E-state index is 13.0. The van der Waals surface area contributed by atoms with E-state index < -0.39 is 12.0 Å². The van der Waals surface area contributed by atoms with E-state index in [2.05, 4.69) is 4.98 Å². The van der Waals surface area contributed by atoms with Crippen molar-refractivity contribution in [1.29, 1.82) is 0 Å². The van der Waals surface area contributed by atoms with Gasteiger partial charge in [0.2, 0.25) is 0 Å². The van der Waals surface area contributed by atoms with Crippen molar-refractivity contribution in [2.24, 2.45) is 0 Å². The molecule has 0 saturated heterocycles. The van der Waals surface area contributed by atoms with Crippen molar-refractivity contribution in [3.63, 3.8) is 0 Å². The van der Waals surface area contributed by atoms with Crippen LogP contribution in [0.15, 0.2) is 40.8 Å². The van der Waals surface area contributed by atoms with E-state index in [-0.39, 0.29) is 5.56 Å². The molecule has 3 rings (SSSR count). The molecule has 130 valence electrons. The van der Waals surface area contributed by atoms with E-state index in [9.17, 15) is 9.59 Å². The molecule has 0 bridgehead atoms. The van der Waals surface area contributed by atoms with E-state index in [1.54, 1.807) is 6.92 Å². The van der Waals surface area contributed by atoms with Crippen LogP contribution in [0.2, 0.25) is 0 Å². The molecule has 25 heavy (non-hydrogen) atoms. The Morgan fingerprint density at radius 2 is 2.04 bits per heavy atom. The quantitative estimate of drug-likeness (QED) is 0.650. The molecule has 5 nitrogen and oxygen atoms in total. The Kier molecular flexibility index (Phi) is 4.99. The molecular weight excluding hydrogens is 336 g/mol. The van der Waals surface area contributed by atoms with E-state index >= 15 is 0 Å². The molecule has 0 amide bonds. The van der Waals surface area contributed by atoms with Crippen LogP contribution < -0.4 is 5.56 Å². The van der Waals surface area contributed by atoms with Gasteiger partial charge in [-0.15, -0.1) is 11.3 Å². The predicted molar refractivity (Wildman–Crippen MR) is 100 cm³/mol. The van der Waals surface area contributed by atoms with Crippen LogP contribution in [-0.4, -0.2) is 22.1 Å². The van der Waals surface area contributed by atoms with Crippen molar-refractivity contribution in [3.8, 4) is 11.1 Å². The number of esters is 1. The monoisotopic (exact) mass is 356 g/mol. The summed E-state index contributed by atoms with van der Waals surface area (Å²) in [5, 5.41) is 2.49. The van der Waals surface area contributed by atoms with E-state index in [1.807, 2.05) is 43.5 Å². The van der Waals surface area contributed by atoms with Crippen molar-refractivity contribution < 1.29 is 9.53 Å². The predicted octanol–water partition coefficient (Wildman–Crippen LogP) is 3.95. The van der Waals surface area contributed by atoms with E-state index in [4.69, 9.17) is 4.74 Å². The summed E-state index contributed by atoms with van der Waals surface area (Å²) in [6.45, 7) is 5.95. The second-order valence-electron chi connectivity index (χ2n) is 6.00. The average Bonchev–Trinajstić information content (AvgIpc) is 3.05. The molecule has 0 aliphatic heterocycles. The zero-order valence-electron chi connectivity index (χ0n) is 14.5. The Morgan fingerprint density at radius 1 is 1.32 bits per heavy atom. The van der Waals surface area contributed by atoms with Crippen LogP contribution in [0.25, 0.3) is 21.3 Å². The second-order valence-corrected chi connectivity index (χ2v) is 6.85. The Bertz CT molecular complexity index is 957. The minimum atomic E-state index is -0.707. The largest absolute Gasteiger partial charge is 0.464 e. The maximum atomic E-state index is 13.0. The zero-order valence-corrected chi connectivity index (χ0v) is 15.3. The van der Waals surface area contributed by atoms with Crippen LogP contribution in [0.4, 0.5) is 0 Å². The Balaban J connectivity index is 2.07. The normalized spacial score (nSPS) is 12.3. The topological polar surface area (TPSA) is 61.2 Å². The molecule has 0 spiro atoms. The first kappa shape index (κ1) is 17.4. The molecule has 1 aromatic carbocycles. The van der Waals surface area contributed by atoms with Gasteiger partial charge in [0.15, 0.2) is 0 Å². The number of hydrogen-bond donors (Lipinski definition) is 0. The molecule has 0 fully saturated rings. The van der Waals surface area contributed by atoms with Crippen molar-refractivity contribution in [2.75, 3.05) is 6.61 Å². The van der Waals surface area contributed by atoms with Gasteiger partial charge in [0.1, 0.15) is 10.9 Å². The number of ether oxygens (including phenoxy) is 1. The van der Waals surface area contributed by atoms with Crippen LogP contribution in [0.1, 0.15) is 31.9 Å². The summed E-state index contributed by atoms with van der Waals surface area (Å²) in [6.07, 6.45) is 2.17. The van der Waals surface area contributed by atoms with E-state index in [1.165, 1.54) is 22.2 Å². The first-order valence-corrected chi connectivity index (χ1v) is 9.13. The lowest BCUT2D eigenvalue weighted by atomic mass is 10.1. The Hall–Kier alpha value is -2.47. The fourth-order valence-corrected chi connectivity index (χ4v) is 3.51. The Morgan fingerprint density at radius 3 is 2.72 bits per heavy atom. The number of aryl methyl sites for hydroxylation is 1. The van der Waals surface area contributed by atoms with Gasteiger partial charge in [-0.1, -0.05) is 36.8 Å². The number of hydrogen-bond acceptors (Lipinski definition) is 5. The molecule has 2 heterocycles. The SMILES string of the molecule is CCCOC(=O)[C@@H](C)n1cnc2scc(-c3ccc(C)cc3)c2c1=O. The van der Waals surface area contributed by atoms with Gasteiger partial charge in [0.25, 0.3) is 5.56 Å². The van der Waals surface area contributed by atoms with Crippen LogP contribution in [0.5, 0.6) is 0 Å². The molecular formula is C19H20N2O3S. The van der Waals surface area contributed by atoms with Gasteiger partial charge in [-0.3, -0.25) is 9.36 Å². The summed E-state index contributed by atoms with van der Waals surface area (Å²) in [4.78, 5) is 30.1. The molecule has 6 heteroatoms. The summed E-state index contributed by atoms with van der Waals surface area (Å²) in [7, 11) is 0. The van der Waals surface area contributed by atoms with Crippen LogP contribution >= 0.6 is 11.3 Å². The van der Waals surface area contributed by atoms with Crippen molar-refractivity contribution in [2.45, 2.75) is 33.2 Å². The summed E-state index contributed by atoms with van der Waals surface area (Å²) < 4.78 is 6.51. The lowest BCUT2D eigenvalue weighted by molar-refractivity contribution is -0.147. The van der Waals surface area contributed by atoms with E-state index in [0.717, 1.165) is 23.1 Å². The first-order valence-electron chi connectivity index (χ1n) is 8.25. The van der Waals surface area contributed by atoms with Gasteiger partial charge < -0.3 is 4.74 Å². The lowest BCUT2D eigenvalue weighted by Crippen LogP contribution is -2.29. The average molecular weight is 356 g/mol. The molecule has 0 aliphatic rings. The third kappa shape index (κ3) is 3.35. The van der Waals surface area contributed by atoms with Gasteiger partial charge in [0, 0.05) is 10.9 Å². The smallest absolute Gasteiger partial charge is 0.328 e. The van der Waals surface area contributed by atoms with Crippen LogP contribution in [0.3, 0.4) is 0 Å². The number of aromatic nitrogens is 2. The van der Waals surface area contributed by atoms with Gasteiger partial charge >= 0.3 is 5.97 Å². The summed E-state index contributed by atoms with van der Waals surface area (Å²) >= 11 is 1.43. The summed E-state index contributed by atoms with van der Waals surface area (Å²) in [6, 6.07) is 7.30. The highest BCUT2D eigenvalue weighted by atomic mass is 32.1. The Labute approximate surface area is 149 Å². The van der Waals surface area contributed by atoms with Crippen molar-refractivity contribution in [1.82, 2.24) is 9.55 Å². The van der Waals surface area contributed by atoms with Crippen molar-refractivity contribution >= 4 is 27.5 Å². The molecule has 2 aromatic heterocycles. The van der Waals surface area contributed by atoms with Gasteiger partial charge in [-0.25, -0.2) is 9.78 Å². The van der Waals surface area contributed by atoms with Crippen LogP contribution in [-0.2, 0) is 9.53 Å². The fourth-order valence-electron chi connectivity index (χ4n) is 2.60. The van der Waals surface area contributed by atoms with E-state index in [0.29, 0.717) is 16.8 Å². The third-order valence-corrected chi connectivity index (χ3v) is 4.98. The number of benzene rings is 1. The number of carbonyl (C=O) groups excluding carboxylic acids is 1. The maximum Gasteiger partial charge on any atom is 0.328 e. The minimum Gasteiger partial charge on any atom is -0.464 e. The highest BCUT2D eigenvalue weighted by Crippen LogP contribution is 2.31. The standard InChI is InChI=1S/C19H20N2O3S/c1-4-9-24-19(23)13(3)21-11-20-17-16(18(21)22)15(10-25-17)14-7-5-12(2)6-8-14/h5-8,10-11,13H,4,9H2,1-3H3/t13-/m1/s1. The van der Waals surface area contributed by atoms with Crippen LogP contribution in [0, 0.1) is 6.92 Å². The lowest BCUT2D eigenvalue weighted by Gasteiger charge is -2.14. The molecule has 3 aromatic rings. The number of rotatable bonds is 5. The van der Waals surface area contributed by atoms with Crippen molar-refractivity contribution in [3.05, 3.63) is 51.9 Å². The zero-order chi connectivity index (χ0) is 18.0. The number of thiophene rings is 1.